The predicted molar refractivity (Wildman–Crippen MR) is 92.7 cm³/mol. The first-order valence-electron chi connectivity index (χ1n) is 8.67. The second-order valence-corrected chi connectivity index (χ2v) is 6.71. The fourth-order valence-corrected chi connectivity index (χ4v) is 3.31. The number of rotatable bonds is 6. The molecule has 1 aromatic carbocycles. The number of halogens is 1. The van der Waals surface area contributed by atoms with Gasteiger partial charge in [-0.05, 0) is 43.0 Å². The molecule has 1 fully saturated rings. The normalized spacial score (nSPS) is 16.6. The van der Waals surface area contributed by atoms with Crippen molar-refractivity contribution in [2.24, 2.45) is 0 Å². The van der Waals surface area contributed by atoms with Crippen molar-refractivity contribution in [1.29, 1.82) is 0 Å². The van der Waals surface area contributed by atoms with Gasteiger partial charge in [-0.25, -0.2) is 4.39 Å². The quantitative estimate of drug-likeness (QED) is 0.875. The van der Waals surface area contributed by atoms with Crippen LogP contribution in [0.2, 0.25) is 0 Å². The largest absolute Gasteiger partial charge is 0.381 e. The third-order valence-corrected chi connectivity index (χ3v) is 4.84. The number of nitrogens with one attached hydrogen (secondary N) is 1. The van der Waals surface area contributed by atoms with E-state index in [4.69, 9.17) is 4.74 Å². The molecular formula is C19H24FN3O2. The molecule has 1 saturated heterocycles. The lowest BCUT2D eigenvalue weighted by Gasteiger charge is -2.38. The Kier molecular flexibility index (Phi) is 5.48. The summed E-state index contributed by atoms with van der Waals surface area (Å²) < 4.78 is 20.9. The van der Waals surface area contributed by atoms with Crippen LogP contribution in [-0.2, 0) is 21.5 Å². The van der Waals surface area contributed by atoms with Gasteiger partial charge in [-0.1, -0.05) is 12.1 Å². The third-order valence-electron chi connectivity index (χ3n) is 4.84. The topological polar surface area (TPSA) is 56.2 Å². The van der Waals surface area contributed by atoms with Crippen molar-refractivity contribution in [2.75, 3.05) is 19.8 Å². The summed E-state index contributed by atoms with van der Waals surface area (Å²) in [6.45, 7) is 4.27. The van der Waals surface area contributed by atoms with E-state index < -0.39 is 0 Å². The molecule has 2 heterocycles. The molecule has 1 aliphatic heterocycles. The number of nitrogens with zero attached hydrogens (tertiary/aromatic N) is 2. The molecule has 0 atom stereocenters. The second-order valence-electron chi connectivity index (χ2n) is 6.71. The van der Waals surface area contributed by atoms with Crippen LogP contribution in [0.4, 0.5) is 4.39 Å². The zero-order valence-corrected chi connectivity index (χ0v) is 14.5. The zero-order valence-electron chi connectivity index (χ0n) is 14.5. The number of ether oxygens (including phenoxy) is 1. The van der Waals surface area contributed by atoms with Crippen LogP contribution in [0.15, 0.2) is 36.7 Å². The maximum atomic E-state index is 13.7. The molecule has 25 heavy (non-hydrogen) atoms. The summed E-state index contributed by atoms with van der Waals surface area (Å²) in [6, 6.07) is 6.68. The number of benzene rings is 1. The fourth-order valence-electron chi connectivity index (χ4n) is 3.31. The fraction of sp³-hybridized carbons (Fsp3) is 0.474. The lowest BCUT2D eigenvalue weighted by Crippen LogP contribution is -2.44. The Hall–Kier alpha value is -2.21. The molecule has 0 saturated carbocycles. The summed E-state index contributed by atoms with van der Waals surface area (Å²) in [5.74, 6) is -0.265. The molecule has 2 aromatic rings. The van der Waals surface area contributed by atoms with E-state index in [1.54, 1.807) is 23.0 Å². The highest BCUT2D eigenvalue weighted by molar-refractivity contribution is 5.75. The first-order chi connectivity index (χ1) is 12.1. The SMILES string of the molecule is Cc1cnn(CCC(=O)NCC2(c3cccc(F)c3)CCOCC2)c1. The molecular weight excluding hydrogens is 321 g/mol. The Bertz CT molecular complexity index is 723. The molecule has 1 aliphatic rings. The number of hydrogen-bond acceptors (Lipinski definition) is 3. The number of carbonyl (C=O) groups excluding carboxylic acids is 1. The second kappa shape index (κ2) is 7.78. The van der Waals surface area contributed by atoms with Gasteiger partial charge >= 0.3 is 0 Å². The van der Waals surface area contributed by atoms with Crippen LogP contribution in [0.3, 0.4) is 0 Å². The van der Waals surface area contributed by atoms with Gasteiger partial charge in [0.2, 0.25) is 5.91 Å². The number of aromatic nitrogens is 2. The van der Waals surface area contributed by atoms with Gasteiger partial charge in [0.1, 0.15) is 5.82 Å². The number of carbonyl (C=O) groups is 1. The van der Waals surface area contributed by atoms with Gasteiger partial charge in [-0.2, -0.15) is 5.10 Å². The van der Waals surface area contributed by atoms with Crippen LogP contribution in [0.1, 0.15) is 30.4 Å². The maximum Gasteiger partial charge on any atom is 0.221 e. The van der Waals surface area contributed by atoms with E-state index in [0.717, 1.165) is 24.0 Å². The maximum absolute atomic E-state index is 13.7. The van der Waals surface area contributed by atoms with Gasteiger partial charge in [-0.3, -0.25) is 9.48 Å². The van der Waals surface area contributed by atoms with Crippen molar-refractivity contribution in [1.82, 2.24) is 15.1 Å². The molecule has 6 heteroatoms. The molecule has 1 aromatic heterocycles. The third kappa shape index (κ3) is 4.45. The molecule has 0 aliphatic carbocycles. The lowest BCUT2D eigenvalue weighted by atomic mass is 9.74. The summed E-state index contributed by atoms with van der Waals surface area (Å²) in [5.41, 5.74) is 1.74. The molecule has 1 N–H and O–H groups in total. The van der Waals surface area contributed by atoms with E-state index in [0.29, 0.717) is 32.7 Å². The van der Waals surface area contributed by atoms with Gasteiger partial charge in [0.25, 0.3) is 0 Å². The molecule has 0 radical (unpaired) electrons. The molecule has 134 valence electrons. The van der Waals surface area contributed by atoms with Crippen molar-refractivity contribution in [3.05, 3.63) is 53.6 Å². The van der Waals surface area contributed by atoms with Gasteiger partial charge in [0.15, 0.2) is 0 Å². The van der Waals surface area contributed by atoms with Crippen LogP contribution in [0.25, 0.3) is 0 Å². The van der Waals surface area contributed by atoms with Crippen LogP contribution >= 0.6 is 0 Å². The van der Waals surface area contributed by atoms with E-state index in [2.05, 4.69) is 10.4 Å². The van der Waals surface area contributed by atoms with Crippen molar-refractivity contribution in [2.45, 2.75) is 38.1 Å². The van der Waals surface area contributed by atoms with Crippen LogP contribution < -0.4 is 5.32 Å². The molecule has 0 spiro atoms. The average Bonchev–Trinajstić information content (AvgIpc) is 3.04. The first-order valence-corrected chi connectivity index (χ1v) is 8.67. The van der Waals surface area contributed by atoms with Crippen LogP contribution in [-0.4, -0.2) is 35.4 Å². The van der Waals surface area contributed by atoms with Crippen molar-refractivity contribution >= 4 is 5.91 Å². The minimum atomic E-state index is -0.266. The van der Waals surface area contributed by atoms with Crippen LogP contribution in [0, 0.1) is 12.7 Å². The van der Waals surface area contributed by atoms with Crippen molar-refractivity contribution in [3.8, 4) is 0 Å². The monoisotopic (exact) mass is 345 g/mol. The van der Waals surface area contributed by atoms with E-state index in [-0.39, 0.29) is 17.1 Å². The van der Waals surface area contributed by atoms with Crippen molar-refractivity contribution < 1.29 is 13.9 Å². The summed E-state index contributed by atoms with van der Waals surface area (Å²) in [4.78, 5) is 12.2. The van der Waals surface area contributed by atoms with Gasteiger partial charge in [0, 0.05) is 44.3 Å². The number of amides is 1. The minimum Gasteiger partial charge on any atom is -0.381 e. The molecule has 0 bridgehead atoms. The number of hydrogen-bond donors (Lipinski definition) is 1. The average molecular weight is 345 g/mol. The smallest absolute Gasteiger partial charge is 0.221 e. The molecule has 5 nitrogen and oxygen atoms in total. The standard InChI is InChI=1S/C19H24FN3O2/c1-15-12-22-23(13-15)8-5-18(24)21-14-19(6-9-25-10-7-19)16-3-2-4-17(20)11-16/h2-4,11-13H,5-10,14H2,1H3,(H,21,24). The molecule has 0 unspecified atom stereocenters. The Morgan fingerprint density at radius 1 is 1.40 bits per heavy atom. The highest BCUT2D eigenvalue weighted by atomic mass is 19.1. The molecule has 3 rings (SSSR count). The van der Waals surface area contributed by atoms with Crippen molar-refractivity contribution in [3.63, 3.8) is 0 Å². The Balaban J connectivity index is 1.61. The van der Waals surface area contributed by atoms with Crippen LogP contribution in [0.5, 0.6) is 0 Å². The highest BCUT2D eigenvalue weighted by Crippen LogP contribution is 2.34. The van der Waals surface area contributed by atoms with E-state index in [9.17, 15) is 9.18 Å². The lowest BCUT2D eigenvalue weighted by molar-refractivity contribution is -0.121. The Labute approximate surface area is 147 Å². The van der Waals surface area contributed by atoms with E-state index in [1.165, 1.54) is 6.07 Å². The summed E-state index contributed by atoms with van der Waals surface area (Å²) in [7, 11) is 0. The van der Waals surface area contributed by atoms with Gasteiger partial charge in [-0.15, -0.1) is 0 Å². The first kappa shape index (κ1) is 17.6. The van der Waals surface area contributed by atoms with Gasteiger partial charge in [0.05, 0.1) is 6.20 Å². The molecule has 1 amide bonds. The highest BCUT2D eigenvalue weighted by Gasteiger charge is 2.35. The minimum absolute atomic E-state index is 0.0181. The van der Waals surface area contributed by atoms with Gasteiger partial charge < -0.3 is 10.1 Å². The predicted octanol–water partition coefficient (Wildman–Crippen LogP) is 2.59. The van der Waals surface area contributed by atoms with E-state index in [1.807, 2.05) is 19.2 Å². The Morgan fingerprint density at radius 2 is 2.20 bits per heavy atom. The summed E-state index contributed by atoms with van der Waals surface area (Å²) in [5, 5.41) is 7.22. The van der Waals surface area contributed by atoms with E-state index >= 15 is 0 Å². The zero-order chi connectivity index (χ0) is 17.7. The number of aryl methyl sites for hydroxylation is 2. The summed E-state index contributed by atoms with van der Waals surface area (Å²) in [6.07, 6.45) is 5.61. The Morgan fingerprint density at radius 3 is 2.88 bits per heavy atom. The summed E-state index contributed by atoms with van der Waals surface area (Å²) >= 11 is 0.